The van der Waals surface area contributed by atoms with Crippen molar-refractivity contribution in [2.45, 2.75) is 26.0 Å². The smallest absolute Gasteiger partial charge is 0.338 e. The van der Waals surface area contributed by atoms with Gasteiger partial charge in [0, 0.05) is 13.0 Å². The van der Waals surface area contributed by atoms with Crippen LogP contribution in [0.5, 0.6) is 0 Å². The van der Waals surface area contributed by atoms with E-state index in [-0.39, 0.29) is 23.9 Å². The van der Waals surface area contributed by atoms with Crippen LogP contribution in [0.15, 0.2) is 50.2 Å². The van der Waals surface area contributed by atoms with E-state index in [1.165, 1.54) is 6.26 Å². The van der Waals surface area contributed by atoms with Crippen molar-refractivity contribution in [2.24, 2.45) is 0 Å². The van der Waals surface area contributed by atoms with Crippen LogP contribution in [0.4, 0.5) is 0 Å². The molecule has 9 nitrogen and oxygen atoms in total. The van der Waals surface area contributed by atoms with E-state index < -0.39 is 5.97 Å². The first-order chi connectivity index (χ1) is 13.7. The molecule has 1 aromatic carbocycles. The molecule has 0 aliphatic carbocycles. The first-order valence-corrected chi connectivity index (χ1v) is 8.76. The highest BCUT2D eigenvalue weighted by atomic mass is 16.5. The van der Waals surface area contributed by atoms with Crippen molar-refractivity contribution in [1.82, 2.24) is 19.7 Å². The van der Waals surface area contributed by atoms with Crippen LogP contribution in [0.3, 0.4) is 0 Å². The maximum atomic E-state index is 12.5. The summed E-state index contributed by atoms with van der Waals surface area (Å²) in [5.41, 5.74) is 0.715. The molecule has 0 saturated carbocycles. The van der Waals surface area contributed by atoms with Crippen LogP contribution in [0, 0.1) is 0 Å². The van der Waals surface area contributed by atoms with Gasteiger partial charge in [-0.05, 0) is 36.8 Å². The number of carbonyl (C=O) groups excluding carboxylic acids is 1. The zero-order chi connectivity index (χ0) is 19.1. The number of aryl methyl sites for hydroxylation is 1. The third kappa shape index (κ3) is 2.77. The number of carbonyl (C=O) groups is 1. The molecule has 3 aromatic heterocycles. The van der Waals surface area contributed by atoms with Crippen LogP contribution in [0.2, 0.25) is 0 Å². The molecule has 28 heavy (non-hydrogen) atoms. The number of fused-ring (bicyclic) bond motifs is 2. The number of hydrogen-bond donors (Lipinski definition) is 0. The molecule has 0 atom stereocenters. The van der Waals surface area contributed by atoms with Crippen LogP contribution in [-0.4, -0.2) is 25.7 Å². The molecule has 9 heteroatoms. The second-order valence-corrected chi connectivity index (χ2v) is 6.37. The predicted molar refractivity (Wildman–Crippen MR) is 95.4 cm³/mol. The molecule has 1 aliphatic heterocycles. The standard InChI is InChI=1S/C19H14N4O5/c24-18-12-6-5-11(9-13(12)20-15-4-1-7-23(15)18)19(25)27-10-16-21-22-17(28-16)14-3-2-8-26-14/h2-3,5-6,8-9H,1,4,7,10H2. The Labute approximate surface area is 157 Å². The van der Waals surface area contributed by atoms with Gasteiger partial charge in [-0.1, -0.05) is 0 Å². The Hall–Kier alpha value is -3.75. The largest absolute Gasteiger partial charge is 0.459 e. The third-order valence-electron chi connectivity index (χ3n) is 4.58. The van der Waals surface area contributed by atoms with Gasteiger partial charge in [-0.15, -0.1) is 10.2 Å². The average molecular weight is 378 g/mol. The Bertz CT molecular complexity index is 1240. The number of hydrogen-bond acceptors (Lipinski definition) is 8. The van der Waals surface area contributed by atoms with E-state index >= 15 is 0 Å². The summed E-state index contributed by atoms with van der Waals surface area (Å²) in [6.07, 6.45) is 3.15. The summed E-state index contributed by atoms with van der Waals surface area (Å²) in [6, 6.07) is 8.12. The third-order valence-corrected chi connectivity index (χ3v) is 4.58. The lowest BCUT2D eigenvalue weighted by Crippen LogP contribution is -2.21. The highest BCUT2D eigenvalue weighted by Gasteiger charge is 2.18. The van der Waals surface area contributed by atoms with E-state index in [4.69, 9.17) is 13.6 Å². The van der Waals surface area contributed by atoms with E-state index in [0.29, 0.717) is 28.8 Å². The number of esters is 1. The van der Waals surface area contributed by atoms with Crippen molar-refractivity contribution in [3.05, 3.63) is 64.2 Å². The van der Waals surface area contributed by atoms with E-state index in [0.717, 1.165) is 18.7 Å². The minimum Gasteiger partial charge on any atom is -0.459 e. The highest BCUT2D eigenvalue weighted by Crippen LogP contribution is 2.19. The van der Waals surface area contributed by atoms with Gasteiger partial charge in [0.2, 0.25) is 0 Å². The van der Waals surface area contributed by atoms with E-state index in [1.807, 2.05) is 0 Å². The molecular weight excluding hydrogens is 364 g/mol. The second kappa shape index (κ2) is 6.45. The zero-order valence-corrected chi connectivity index (χ0v) is 14.6. The first-order valence-electron chi connectivity index (χ1n) is 8.76. The van der Waals surface area contributed by atoms with Gasteiger partial charge in [0.1, 0.15) is 5.82 Å². The van der Waals surface area contributed by atoms with Gasteiger partial charge in [0.05, 0.1) is 22.7 Å². The Kier molecular flexibility index (Phi) is 3.78. The van der Waals surface area contributed by atoms with Crippen LogP contribution < -0.4 is 5.56 Å². The summed E-state index contributed by atoms with van der Waals surface area (Å²) in [6.45, 7) is 0.510. The number of ether oxygens (including phenoxy) is 1. The molecule has 4 heterocycles. The molecule has 0 spiro atoms. The van der Waals surface area contributed by atoms with Crippen LogP contribution >= 0.6 is 0 Å². The van der Waals surface area contributed by atoms with Crippen molar-refractivity contribution in [1.29, 1.82) is 0 Å². The quantitative estimate of drug-likeness (QED) is 0.497. The molecule has 0 N–H and O–H groups in total. The Balaban J connectivity index is 1.35. The molecule has 0 radical (unpaired) electrons. The van der Waals surface area contributed by atoms with Gasteiger partial charge in [0.25, 0.3) is 17.3 Å². The van der Waals surface area contributed by atoms with Crippen molar-refractivity contribution in [3.63, 3.8) is 0 Å². The van der Waals surface area contributed by atoms with Gasteiger partial charge in [0.15, 0.2) is 12.4 Å². The first kappa shape index (κ1) is 16.4. The van der Waals surface area contributed by atoms with Crippen molar-refractivity contribution >= 4 is 16.9 Å². The topological polar surface area (TPSA) is 113 Å². The Morgan fingerprint density at radius 3 is 3.04 bits per heavy atom. The lowest BCUT2D eigenvalue weighted by molar-refractivity contribution is 0.0438. The number of nitrogens with zero attached hydrogens (tertiary/aromatic N) is 4. The van der Waals surface area contributed by atoms with Crippen molar-refractivity contribution < 1.29 is 18.4 Å². The summed E-state index contributed by atoms with van der Waals surface area (Å²) in [5.74, 6) is 0.973. The molecule has 0 saturated heterocycles. The fourth-order valence-electron chi connectivity index (χ4n) is 3.23. The lowest BCUT2D eigenvalue weighted by Gasteiger charge is -2.06. The molecular formula is C19H14N4O5. The Morgan fingerprint density at radius 1 is 1.25 bits per heavy atom. The molecule has 0 bridgehead atoms. The fourth-order valence-corrected chi connectivity index (χ4v) is 3.23. The minimum absolute atomic E-state index is 0.0752. The van der Waals surface area contributed by atoms with Gasteiger partial charge in [-0.2, -0.15) is 0 Å². The number of aromatic nitrogens is 4. The molecule has 5 rings (SSSR count). The normalized spacial score (nSPS) is 13.0. The number of rotatable bonds is 4. The SMILES string of the molecule is O=C(OCc1nnc(-c2ccco2)o1)c1ccc2c(=O)n3c(nc2c1)CCC3. The fraction of sp³-hybridized carbons (Fsp3) is 0.211. The monoisotopic (exact) mass is 378 g/mol. The number of benzene rings is 1. The number of furan rings is 1. The van der Waals surface area contributed by atoms with Gasteiger partial charge >= 0.3 is 5.97 Å². The van der Waals surface area contributed by atoms with Crippen molar-refractivity contribution in [2.75, 3.05) is 0 Å². The van der Waals surface area contributed by atoms with Gasteiger partial charge in [-0.25, -0.2) is 9.78 Å². The summed E-state index contributed by atoms with van der Waals surface area (Å²) in [5, 5.41) is 8.16. The highest BCUT2D eigenvalue weighted by molar-refractivity contribution is 5.94. The molecule has 1 aliphatic rings. The molecule has 140 valence electrons. The molecule has 0 fully saturated rings. The Morgan fingerprint density at radius 2 is 2.18 bits per heavy atom. The zero-order valence-electron chi connectivity index (χ0n) is 14.6. The van der Waals surface area contributed by atoms with E-state index in [1.54, 1.807) is 34.9 Å². The summed E-state index contributed by atoms with van der Waals surface area (Å²) in [4.78, 5) is 29.4. The minimum atomic E-state index is -0.568. The maximum Gasteiger partial charge on any atom is 0.338 e. The van der Waals surface area contributed by atoms with Crippen LogP contribution in [0.25, 0.3) is 22.6 Å². The van der Waals surface area contributed by atoms with E-state index in [9.17, 15) is 9.59 Å². The summed E-state index contributed by atoms with van der Waals surface area (Å²) < 4.78 is 17.5. The van der Waals surface area contributed by atoms with Gasteiger partial charge < -0.3 is 13.6 Å². The van der Waals surface area contributed by atoms with Crippen LogP contribution in [0.1, 0.15) is 28.5 Å². The maximum absolute atomic E-state index is 12.5. The second-order valence-electron chi connectivity index (χ2n) is 6.37. The van der Waals surface area contributed by atoms with E-state index in [2.05, 4.69) is 15.2 Å². The summed E-state index contributed by atoms with van der Waals surface area (Å²) in [7, 11) is 0. The predicted octanol–water partition coefficient (Wildman–Crippen LogP) is 2.34. The molecule has 0 amide bonds. The average Bonchev–Trinajstić information content (AvgIpc) is 3.46. The summed E-state index contributed by atoms with van der Waals surface area (Å²) >= 11 is 0. The van der Waals surface area contributed by atoms with Crippen molar-refractivity contribution in [3.8, 4) is 11.7 Å². The molecule has 0 unspecified atom stereocenters. The molecule has 4 aromatic rings. The van der Waals surface area contributed by atoms with Crippen LogP contribution in [-0.2, 0) is 24.3 Å². The van der Waals surface area contributed by atoms with Gasteiger partial charge in [-0.3, -0.25) is 9.36 Å². The lowest BCUT2D eigenvalue weighted by atomic mass is 10.1.